The van der Waals surface area contributed by atoms with Crippen molar-refractivity contribution in [3.63, 3.8) is 0 Å². The summed E-state index contributed by atoms with van der Waals surface area (Å²) in [5, 5.41) is 8.03. The van der Waals surface area contributed by atoms with Gasteiger partial charge in [0.2, 0.25) is 5.95 Å². The van der Waals surface area contributed by atoms with Crippen LogP contribution in [-0.2, 0) is 0 Å². The number of hydrogen-bond acceptors (Lipinski definition) is 5. The molecule has 0 aliphatic carbocycles. The lowest BCUT2D eigenvalue weighted by atomic mass is 10.1. The van der Waals surface area contributed by atoms with E-state index in [-0.39, 0.29) is 6.03 Å². The molecule has 0 spiro atoms. The first-order valence-electron chi connectivity index (χ1n) is 9.85. The summed E-state index contributed by atoms with van der Waals surface area (Å²) in [6, 6.07) is 13.6. The minimum absolute atomic E-state index is 0.303. The lowest BCUT2D eigenvalue weighted by Crippen LogP contribution is -2.45. The molecule has 29 heavy (non-hydrogen) atoms. The van der Waals surface area contributed by atoms with Gasteiger partial charge in [0, 0.05) is 31.9 Å². The zero-order valence-corrected chi connectivity index (χ0v) is 17.1. The van der Waals surface area contributed by atoms with Gasteiger partial charge in [-0.25, -0.2) is 14.8 Å². The smallest absolute Gasteiger partial charge is 0.323 e. The lowest BCUT2D eigenvalue weighted by Gasteiger charge is -2.32. The number of fused-ring (bicyclic) bond motifs is 1. The molecule has 2 heterocycles. The molecule has 0 atom stereocenters. The average Bonchev–Trinajstić information content (AvgIpc) is 2.71. The van der Waals surface area contributed by atoms with Gasteiger partial charge >= 0.3 is 6.03 Å². The molecular weight excluding hydrogens is 364 g/mol. The number of benzene rings is 2. The number of amides is 2. The van der Waals surface area contributed by atoms with Crippen LogP contribution in [-0.4, -0.2) is 54.1 Å². The Morgan fingerprint density at radius 3 is 2.24 bits per heavy atom. The molecule has 2 amide bonds. The summed E-state index contributed by atoms with van der Waals surface area (Å²) in [5.74, 6) is 0.730. The number of carbonyl (C=O) groups is 1. The van der Waals surface area contributed by atoms with E-state index < -0.39 is 0 Å². The van der Waals surface area contributed by atoms with Crippen molar-refractivity contribution < 1.29 is 4.79 Å². The Bertz CT molecular complexity index is 1020. The standard InChI is InChI=1S/C22H26N6O/c1-15-20(16(2)24-21(23-15)28-12-10-27(3)11-13-28)26-22(29)25-19-9-8-17-6-4-5-7-18(17)14-19/h4-9,14H,10-13H2,1-3H3,(H2,25,26,29). The fourth-order valence-electron chi connectivity index (χ4n) is 3.57. The maximum absolute atomic E-state index is 12.6. The average molecular weight is 390 g/mol. The summed E-state index contributed by atoms with van der Waals surface area (Å²) in [4.78, 5) is 26.3. The van der Waals surface area contributed by atoms with Crippen LogP contribution in [0, 0.1) is 13.8 Å². The lowest BCUT2D eigenvalue weighted by molar-refractivity contribution is 0.262. The Labute approximate surface area is 170 Å². The molecule has 1 aliphatic rings. The normalized spacial score (nSPS) is 14.8. The zero-order chi connectivity index (χ0) is 20.4. The van der Waals surface area contributed by atoms with Crippen molar-refractivity contribution in [1.29, 1.82) is 0 Å². The van der Waals surface area contributed by atoms with Gasteiger partial charge in [0.15, 0.2) is 0 Å². The molecule has 4 rings (SSSR count). The molecule has 0 saturated carbocycles. The number of urea groups is 1. The van der Waals surface area contributed by atoms with Gasteiger partial charge in [0.1, 0.15) is 0 Å². The number of aryl methyl sites for hydroxylation is 2. The first-order valence-corrected chi connectivity index (χ1v) is 9.85. The first kappa shape index (κ1) is 19.1. The van der Waals surface area contributed by atoms with Gasteiger partial charge in [0.05, 0.1) is 17.1 Å². The number of rotatable bonds is 3. The third kappa shape index (κ3) is 4.30. The molecule has 1 fully saturated rings. The monoisotopic (exact) mass is 390 g/mol. The minimum Gasteiger partial charge on any atom is -0.338 e. The number of anilines is 3. The molecule has 7 heteroatoms. The number of carbonyl (C=O) groups excluding carboxylic acids is 1. The van der Waals surface area contributed by atoms with E-state index >= 15 is 0 Å². The van der Waals surface area contributed by atoms with Gasteiger partial charge < -0.3 is 20.4 Å². The van der Waals surface area contributed by atoms with E-state index in [1.54, 1.807) is 0 Å². The number of likely N-dealkylation sites (N-methyl/N-ethyl adjacent to an activating group) is 1. The Morgan fingerprint density at radius 1 is 0.897 bits per heavy atom. The molecule has 7 nitrogen and oxygen atoms in total. The molecule has 1 aromatic heterocycles. The van der Waals surface area contributed by atoms with Gasteiger partial charge in [-0.2, -0.15) is 0 Å². The van der Waals surface area contributed by atoms with E-state index in [0.717, 1.165) is 60.0 Å². The van der Waals surface area contributed by atoms with Gasteiger partial charge in [-0.3, -0.25) is 0 Å². The van der Waals surface area contributed by atoms with E-state index in [1.807, 2.05) is 56.3 Å². The quantitative estimate of drug-likeness (QED) is 0.714. The summed E-state index contributed by atoms with van der Waals surface area (Å²) in [6.07, 6.45) is 0. The summed E-state index contributed by atoms with van der Waals surface area (Å²) in [6.45, 7) is 7.61. The minimum atomic E-state index is -0.303. The second-order valence-electron chi connectivity index (χ2n) is 7.50. The highest BCUT2D eigenvalue weighted by Gasteiger charge is 2.19. The predicted molar refractivity (Wildman–Crippen MR) is 118 cm³/mol. The van der Waals surface area contributed by atoms with Crippen LogP contribution < -0.4 is 15.5 Å². The Balaban J connectivity index is 1.47. The third-order valence-corrected chi connectivity index (χ3v) is 5.29. The number of hydrogen-bond donors (Lipinski definition) is 2. The molecule has 2 aromatic carbocycles. The zero-order valence-electron chi connectivity index (χ0n) is 17.1. The van der Waals surface area contributed by atoms with Crippen molar-refractivity contribution in [2.45, 2.75) is 13.8 Å². The van der Waals surface area contributed by atoms with E-state index in [4.69, 9.17) is 0 Å². The van der Waals surface area contributed by atoms with Crippen molar-refractivity contribution in [3.05, 3.63) is 53.9 Å². The highest BCUT2D eigenvalue weighted by Crippen LogP contribution is 2.22. The SMILES string of the molecule is Cc1nc(N2CCN(C)CC2)nc(C)c1NC(=O)Nc1ccc2ccccc2c1. The van der Waals surface area contributed by atoms with Crippen molar-refractivity contribution >= 4 is 34.1 Å². The second kappa shape index (κ2) is 8.05. The molecule has 0 bridgehead atoms. The summed E-state index contributed by atoms with van der Waals surface area (Å²) in [7, 11) is 2.12. The number of nitrogens with one attached hydrogen (secondary N) is 2. The summed E-state index contributed by atoms with van der Waals surface area (Å²) in [5.41, 5.74) is 2.92. The number of piperazine rings is 1. The maximum Gasteiger partial charge on any atom is 0.323 e. The van der Waals surface area contributed by atoms with Crippen molar-refractivity contribution in [2.75, 3.05) is 48.8 Å². The van der Waals surface area contributed by atoms with Crippen LogP contribution >= 0.6 is 0 Å². The van der Waals surface area contributed by atoms with Crippen LogP contribution in [0.15, 0.2) is 42.5 Å². The third-order valence-electron chi connectivity index (χ3n) is 5.29. The Kier molecular flexibility index (Phi) is 5.31. The molecule has 2 N–H and O–H groups in total. The fraction of sp³-hybridized carbons (Fsp3) is 0.318. The van der Waals surface area contributed by atoms with Crippen molar-refractivity contribution in [1.82, 2.24) is 14.9 Å². The van der Waals surface area contributed by atoms with Crippen LogP contribution in [0.4, 0.5) is 22.1 Å². The largest absolute Gasteiger partial charge is 0.338 e. The number of nitrogens with zero attached hydrogens (tertiary/aromatic N) is 4. The van der Waals surface area contributed by atoms with Crippen LogP contribution in [0.2, 0.25) is 0 Å². The van der Waals surface area contributed by atoms with Crippen LogP contribution in [0.5, 0.6) is 0 Å². The van der Waals surface area contributed by atoms with E-state index in [1.165, 1.54) is 0 Å². The van der Waals surface area contributed by atoms with Crippen LogP contribution in [0.25, 0.3) is 10.8 Å². The van der Waals surface area contributed by atoms with E-state index in [2.05, 4.69) is 37.4 Å². The van der Waals surface area contributed by atoms with Gasteiger partial charge in [-0.15, -0.1) is 0 Å². The Morgan fingerprint density at radius 2 is 1.55 bits per heavy atom. The molecule has 3 aromatic rings. The first-order chi connectivity index (χ1) is 14.0. The molecule has 1 aliphatic heterocycles. The molecule has 0 unspecified atom stereocenters. The second-order valence-corrected chi connectivity index (χ2v) is 7.50. The molecule has 150 valence electrons. The van der Waals surface area contributed by atoms with Gasteiger partial charge in [-0.05, 0) is 43.8 Å². The fourth-order valence-corrected chi connectivity index (χ4v) is 3.57. The van der Waals surface area contributed by atoms with Gasteiger partial charge in [-0.1, -0.05) is 30.3 Å². The summed E-state index contributed by atoms with van der Waals surface area (Å²) >= 11 is 0. The maximum atomic E-state index is 12.6. The highest BCUT2D eigenvalue weighted by molar-refractivity contribution is 6.01. The van der Waals surface area contributed by atoms with E-state index in [9.17, 15) is 4.79 Å². The topological polar surface area (TPSA) is 73.4 Å². The van der Waals surface area contributed by atoms with E-state index in [0.29, 0.717) is 5.69 Å². The highest BCUT2D eigenvalue weighted by atomic mass is 16.2. The van der Waals surface area contributed by atoms with Crippen LogP contribution in [0.1, 0.15) is 11.4 Å². The van der Waals surface area contributed by atoms with Gasteiger partial charge in [0.25, 0.3) is 0 Å². The Hall–Kier alpha value is -3.19. The predicted octanol–water partition coefficient (Wildman–Crippen LogP) is 3.64. The number of aromatic nitrogens is 2. The van der Waals surface area contributed by atoms with Crippen molar-refractivity contribution in [2.24, 2.45) is 0 Å². The molecule has 1 saturated heterocycles. The van der Waals surface area contributed by atoms with Crippen LogP contribution in [0.3, 0.4) is 0 Å². The summed E-state index contributed by atoms with van der Waals surface area (Å²) < 4.78 is 0. The van der Waals surface area contributed by atoms with Crippen molar-refractivity contribution in [3.8, 4) is 0 Å². The molecule has 0 radical (unpaired) electrons. The molecular formula is C22H26N6O.